The summed E-state index contributed by atoms with van der Waals surface area (Å²) in [6, 6.07) is 28.6. The van der Waals surface area contributed by atoms with Gasteiger partial charge in [0.25, 0.3) is 0 Å². The molecule has 0 radical (unpaired) electrons. The maximum absolute atomic E-state index is 13.5. The molecular weight excluding hydrogens is 515 g/mol. The van der Waals surface area contributed by atoms with Crippen LogP contribution in [0.25, 0.3) is 11.1 Å². The number of hydrogen-bond acceptors (Lipinski definition) is 4. The van der Waals surface area contributed by atoms with Gasteiger partial charge >= 0.3 is 5.97 Å². The molecule has 6 heteroatoms. The van der Waals surface area contributed by atoms with Crippen LogP contribution in [0.4, 0.5) is 4.39 Å². The van der Waals surface area contributed by atoms with Gasteiger partial charge in [-0.3, -0.25) is 9.69 Å². The van der Waals surface area contributed by atoms with Gasteiger partial charge in [0.05, 0.1) is 12.7 Å². The molecule has 41 heavy (non-hydrogen) atoms. The number of esters is 1. The van der Waals surface area contributed by atoms with E-state index in [2.05, 4.69) is 34.5 Å². The topological polar surface area (TPSA) is 58.6 Å². The van der Waals surface area contributed by atoms with E-state index >= 15 is 0 Å². The SMILES string of the molecule is COC(=O)c1cccc(-c2ccc(CNC(=O)[C@H]3C[C@H]3c3ccccc3)c3c2CCN(Cc2ccc(F)cc2)C3)c1. The Labute approximate surface area is 240 Å². The molecular formula is C35H33FN2O3. The highest BCUT2D eigenvalue weighted by atomic mass is 19.1. The average molecular weight is 549 g/mol. The van der Waals surface area contributed by atoms with Gasteiger partial charge in [-0.2, -0.15) is 0 Å². The van der Waals surface area contributed by atoms with Crippen LogP contribution in [0.15, 0.2) is 91.0 Å². The number of methoxy groups -OCH3 is 1. The lowest BCUT2D eigenvalue weighted by atomic mass is 9.87. The van der Waals surface area contributed by atoms with Gasteiger partial charge in [0.15, 0.2) is 0 Å². The van der Waals surface area contributed by atoms with Crippen LogP contribution < -0.4 is 5.32 Å². The predicted molar refractivity (Wildman–Crippen MR) is 157 cm³/mol. The molecule has 1 fully saturated rings. The Bertz CT molecular complexity index is 1570. The van der Waals surface area contributed by atoms with Crippen LogP contribution in [-0.4, -0.2) is 30.4 Å². The number of hydrogen-bond donors (Lipinski definition) is 1. The highest BCUT2D eigenvalue weighted by molar-refractivity contribution is 5.91. The Morgan fingerprint density at radius 3 is 2.54 bits per heavy atom. The molecule has 1 N–H and O–H groups in total. The van der Waals surface area contributed by atoms with Gasteiger partial charge in [0.2, 0.25) is 5.91 Å². The summed E-state index contributed by atoms with van der Waals surface area (Å²) < 4.78 is 18.4. The summed E-state index contributed by atoms with van der Waals surface area (Å²) in [7, 11) is 1.39. The second-order valence-electron chi connectivity index (χ2n) is 11.0. The molecule has 1 aliphatic carbocycles. The fraction of sp³-hybridized carbons (Fsp3) is 0.257. The Hall–Kier alpha value is -4.29. The number of halogens is 1. The molecule has 1 saturated carbocycles. The first-order valence-corrected chi connectivity index (χ1v) is 14.1. The molecule has 1 heterocycles. The zero-order valence-corrected chi connectivity index (χ0v) is 23.1. The van der Waals surface area contributed by atoms with Crippen LogP contribution in [0.1, 0.15) is 50.5 Å². The molecule has 0 bridgehead atoms. The van der Waals surface area contributed by atoms with E-state index in [4.69, 9.17) is 4.74 Å². The molecule has 4 aromatic rings. The minimum Gasteiger partial charge on any atom is -0.465 e. The van der Waals surface area contributed by atoms with Crippen molar-refractivity contribution in [2.24, 2.45) is 5.92 Å². The van der Waals surface area contributed by atoms with Crippen LogP contribution in [0.2, 0.25) is 0 Å². The Morgan fingerprint density at radius 1 is 0.951 bits per heavy atom. The fourth-order valence-corrected chi connectivity index (χ4v) is 6.01. The van der Waals surface area contributed by atoms with Gasteiger partial charge in [-0.15, -0.1) is 0 Å². The predicted octanol–water partition coefficient (Wildman–Crippen LogP) is 6.26. The van der Waals surface area contributed by atoms with Gasteiger partial charge in [0.1, 0.15) is 5.82 Å². The van der Waals surface area contributed by atoms with E-state index in [0.29, 0.717) is 24.6 Å². The van der Waals surface area contributed by atoms with Crippen molar-refractivity contribution in [3.8, 4) is 11.1 Å². The Kier molecular flexibility index (Phi) is 7.66. The van der Waals surface area contributed by atoms with Crippen molar-refractivity contribution in [2.75, 3.05) is 13.7 Å². The third-order valence-corrected chi connectivity index (χ3v) is 8.31. The van der Waals surface area contributed by atoms with Crippen LogP contribution in [0.3, 0.4) is 0 Å². The number of ether oxygens (including phenoxy) is 1. The summed E-state index contributed by atoms with van der Waals surface area (Å²) in [4.78, 5) is 27.7. The van der Waals surface area contributed by atoms with E-state index in [0.717, 1.165) is 48.2 Å². The lowest BCUT2D eigenvalue weighted by Gasteiger charge is -2.32. The van der Waals surface area contributed by atoms with Crippen molar-refractivity contribution in [2.45, 2.75) is 38.4 Å². The van der Waals surface area contributed by atoms with Gasteiger partial charge in [-0.1, -0.05) is 66.7 Å². The number of rotatable bonds is 8. The van der Waals surface area contributed by atoms with Crippen molar-refractivity contribution < 1.29 is 18.7 Å². The summed E-state index contributed by atoms with van der Waals surface area (Å²) in [6.07, 6.45) is 1.71. The maximum atomic E-state index is 13.5. The number of amides is 1. The van der Waals surface area contributed by atoms with E-state index in [1.165, 1.54) is 35.9 Å². The highest BCUT2D eigenvalue weighted by Crippen LogP contribution is 2.47. The van der Waals surface area contributed by atoms with E-state index in [-0.39, 0.29) is 23.6 Å². The fourth-order valence-electron chi connectivity index (χ4n) is 6.01. The zero-order chi connectivity index (χ0) is 28.3. The summed E-state index contributed by atoms with van der Waals surface area (Å²) >= 11 is 0. The Balaban J connectivity index is 1.25. The van der Waals surface area contributed by atoms with Gasteiger partial charge in [-0.25, -0.2) is 9.18 Å². The first-order chi connectivity index (χ1) is 20.0. The van der Waals surface area contributed by atoms with Crippen LogP contribution >= 0.6 is 0 Å². The third kappa shape index (κ3) is 5.93. The van der Waals surface area contributed by atoms with Crippen molar-refractivity contribution >= 4 is 11.9 Å². The van der Waals surface area contributed by atoms with Gasteiger partial charge < -0.3 is 10.1 Å². The highest BCUT2D eigenvalue weighted by Gasteiger charge is 2.43. The van der Waals surface area contributed by atoms with E-state index in [1.54, 1.807) is 6.07 Å². The second-order valence-corrected chi connectivity index (χ2v) is 11.0. The van der Waals surface area contributed by atoms with Crippen LogP contribution in [0.5, 0.6) is 0 Å². The molecule has 6 rings (SSSR count). The number of carbonyl (C=O) groups is 2. The summed E-state index contributed by atoms with van der Waals surface area (Å²) in [5.41, 5.74) is 8.40. The normalized spacial score (nSPS) is 17.9. The first-order valence-electron chi connectivity index (χ1n) is 14.1. The van der Waals surface area contributed by atoms with Gasteiger partial charge in [0, 0.05) is 32.1 Å². The van der Waals surface area contributed by atoms with Crippen molar-refractivity contribution in [3.63, 3.8) is 0 Å². The molecule has 4 aromatic carbocycles. The maximum Gasteiger partial charge on any atom is 0.337 e. The number of fused-ring (bicyclic) bond motifs is 1. The monoisotopic (exact) mass is 548 g/mol. The molecule has 0 saturated heterocycles. The summed E-state index contributed by atoms with van der Waals surface area (Å²) in [6.45, 7) is 2.75. The lowest BCUT2D eigenvalue weighted by molar-refractivity contribution is -0.122. The van der Waals surface area contributed by atoms with Crippen molar-refractivity contribution in [3.05, 3.63) is 130 Å². The van der Waals surface area contributed by atoms with Crippen molar-refractivity contribution in [1.29, 1.82) is 0 Å². The molecule has 5 nitrogen and oxygen atoms in total. The van der Waals surface area contributed by atoms with Gasteiger partial charge in [-0.05, 0) is 82.0 Å². The van der Waals surface area contributed by atoms with Crippen molar-refractivity contribution in [1.82, 2.24) is 10.2 Å². The van der Waals surface area contributed by atoms with E-state index < -0.39 is 0 Å². The summed E-state index contributed by atoms with van der Waals surface area (Å²) in [5, 5.41) is 3.21. The quantitative estimate of drug-likeness (QED) is 0.264. The molecule has 0 aromatic heterocycles. The smallest absolute Gasteiger partial charge is 0.337 e. The van der Waals surface area contributed by atoms with E-state index in [1.807, 2.05) is 48.5 Å². The average Bonchev–Trinajstić information content (AvgIpc) is 3.82. The zero-order valence-electron chi connectivity index (χ0n) is 23.1. The van der Waals surface area contributed by atoms with Crippen LogP contribution in [-0.2, 0) is 35.6 Å². The molecule has 0 unspecified atom stereocenters. The molecule has 1 aliphatic heterocycles. The molecule has 0 spiro atoms. The molecule has 1 amide bonds. The summed E-state index contributed by atoms with van der Waals surface area (Å²) in [5.74, 6) is -0.190. The van der Waals surface area contributed by atoms with Crippen LogP contribution in [0, 0.1) is 11.7 Å². The molecule has 2 aliphatic rings. The number of carbonyl (C=O) groups excluding carboxylic acids is 2. The molecule has 2 atom stereocenters. The minimum atomic E-state index is -0.362. The number of nitrogens with one attached hydrogen (secondary N) is 1. The number of benzene rings is 4. The third-order valence-electron chi connectivity index (χ3n) is 8.31. The second kappa shape index (κ2) is 11.7. The molecule has 208 valence electrons. The Morgan fingerprint density at radius 2 is 1.76 bits per heavy atom. The largest absolute Gasteiger partial charge is 0.465 e. The standard InChI is InChI=1S/C35H33FN2O3/c1-41-35(40)26-9-5-8-25(18-26)29-15-12-27(20-37-34(39)32-19-31(32)24-6-3-2-4-7-24)33-22-38(17-16-30(29)33)21-23-10-13-28(36)14-11-23/h2-15,18,31-32H,16-17,19-22H2,1H3,(H,37,39)/t31-,32-/m0/s1. The van der Waals surface area contributed by atoms with E-state index in [9.17, 15) is 14.0 Å². The number of nitrogens with zero attached hydrogens (tertiary/aromatic N) is 1. The lowest BCUT2D eigenvalue weighted by Crippen LogP contribution is -2.32. The minimum absolute atomic E-state index is 0.0172. The first kappa shape index (κ1) is 26.9.